The second kappa shape index (κ2) is 7.40. The van der Waals surface area contributed by atoms with Crippen molar-refractivity contribution in [1.29, 1.82) is 0 Å². The first-order chi connectivity index (χ1) is 13.6. The van der Waals surface area contributed by atoms with Crippen molar-refractivity contribution in [2.75, 3.05) is 17.2 Å². The number of hydrogen-bond acceptors (Lipinski definition) is 7. The Bertz CT molecular complexity index is 1250. The summed E-state index contributed by atoms with van der Waals surface area (Å²) in [5, 5.41) is 7.02. The summed E-state index contributed by atoms with van der Waals surface area (Å²) in [6.07, 6.45) is 1.49. The number of fused-ring (bicyclic) bond motifs is 1. The third-order valence-electron chi connectivity index (χ3n) is 4.15. The molecule has 0 atom stereocenters. The normalized spacial score (nSPS) is 10.9. The highest BCUT2D eigenvalue weighted by molar-refractivity contribution is 9.10. The third kappa shape index (κ3) is 3.34. The minimum Gasteiger partial charge on any atom is -0.488 e. The van der Waals surface area contributed by atoms with Crippen LogP contribution in [0.25, 0.3) is 10.9 Å². The molecule has 1 aromatic heterocycles. The second-order valence-electron chi connectivity index (χ2n) is 6.01. The lowest BCUT2D eigenvalue weighted by Gasteiger charge is -2.14. The standard InChI is InChI=1S/C20H15BrN4O3/c1-2-28-19-16(17(26)18(19)27)24-13-6-7-15-14(9-13)20(23-10-22-15)25-12-5-3-4-11(21)8-12/h3-10,24H,2H2,1H3,(H,22,23,25). The first kappa shape index (κ1) is 18.1. The molecule has 4 aromatic rings. The molecule has 4 rings (SSSR count). The van der Waals surface area contributed by atoms with Crippen LogP contribution >= 0.6 is 15.9 Å². The minimum absolute atomic E-state index is 0.0735. The van der Waals surface area contributed by atoms with E-state index in [2.05, 4.69) is 36.5 Å². The molecule has 0 saturated heterocycles. The average Bonchev–Trinajstić information content (AvgIpc) is 2.70. The van der Waals surface area contributed by atoms with E-state index >= 15 is 0 Å². The number of nitrogens with one attached hydrogen (secondary N) is 2. The van der Waals surface area contributed by atoms with Gasteiger partial charge in [-0.05, 0) is 43.3 Å². The van der Waals surface area contributed by atoms with Crippen LogP contribution in [-0.2, 0) is 0 Å². The highest BCUT2D eigenvalue weighted by Gasteiger charge is 2.22. The first-order valence-corrected chi connectivity index (χ1v) is 9.36. The summed E-state index contributed by atoms with van der Waals surface area (Å²) in [6, 6.07) is 13.1. The maximum absolute atomic E-state index is 11.9. The predicted molar refractivity (Wildman–Crippen MR) is 113 cm³/mol. The Labute approximate surface area is 168 Å². The first-order valence-electron chi connectivity index (χ1n) is 8.57. The Balaban J connectivity index is 1.70. The zero-order valence-electron chi connectivity index (χ0n) is 14.8. The maximum atomic E-state index is 11.9. The number of ether oxygens (including phenoxy) is 1. The lowest BCUT2D eigenvalue weighted by Crippen LogP contribution is -2.35. The fourth-order valence-electron chi connectivity index (χ4n) is 2.85. The van der Waals surface area contributed by atoms with Crippen LogP contribution in [0.15, 0.2) is 62.9 Å². The molecule has 0 spiro atoms. The highest BCUT2D eigenvalue weighted by atomic mass is 79.9. The van der Waals surface area contributed by atoms with E-state index in [1.807, 2.05) is 36.4 Å². The zero-order chi connectivity index (χ0) is 19.7. The van der Waals surface area contributed by atoms with Gasteiger partial charge in [0.2, 0.25) is 0 Å². The monoisotopic (exact) mass is 438 g/mol. The van der Waals surface area contributed by atoms with Gasteiger partial charge < -0.3 is 15.4 Å². The summed E-state index contributed by atoms with van der Waals surface area (Å²) < 4.78 is 6.20. The Hall–Kier alpha value is -3.26. The molecule has 1 heterocycles. The Morgan fingerprint density at radius 3 is 2.61 bits per heavy atom. The molecule has 0 unspecified atom stereocenters. The van der Waals surface area contributed by atoms with Crippen LogP contribution in [0, 0.1) is 0 Å². The molecular weight excluding hydrogens is 424 g/mol. The molecule has 140 valence electrons. The van der Waals surface area contributed by atoms with Crippen LogP contribution in [-0.4, -0.2) is 16.6 Å². The van der Waals surface area contributed by atoms with Crippen LogP contribution in [0.4, 0.5) is 22.9 Å². The van der Waals surface area contributed by atoms with Gasteiger partial charge in [0.05, 0.1) is 12.1 Å². The van der Waals surface area contributed by atoms with Crippen molar-refractivity contribution in [3.05, 3.63) is 73.7 Å². The summed E-state index contributed by atoms with van der Waals surface area (Å²) in [7, 11) is 0. The van der Waals surface area contributed by atoms with Crippen molar-refractivity contribution in [2.24, 2.45) is 0 Å². The molecule has 0 fully saturated rings. The largest absolute Gasteiger partial charge is 0.488 e. The fourth-order valence-corrected chi connectivity index (χ4v) is 3.25. The predicted octanol–water partition coefficient (Wildman–Crippen LogP) is 3.87. The van der Waals surface area contributed by atoms with Gasteiger partial charge in [-0.25, -0.2) is 9.97 Å². The van der Waals surface area contributed by atoms with Crippen molar-refractivity contribution in [3.63, 3.8) is 0 Å². The van der Waals surface area contributed by atoms with Crippen LogP contribution in [0.1, 0.15) is 6.92 Å². The van der Waals surface area contributed by atoms with Crippen LogP contribution in [0.5, 0.6) is 5.75 Å². The van der Waals surface area contributed by atoms with E-state index in [9.17, 15) is 9.59 Å². The van der Waals surface area contributed by atoms with E-state index < -0.39 is 10.9 Å². The fraction of sp³-hybridized carbons (Fsp3) is 0.100. The molecule has 0 bridgehead atoms. The third-order valence-corrected chi connectivity index (χ3v) is 4.64. The summed E-state index contributed by atoms with van der Waals surface area (Å²) in [5.74, 6) is 0.700. The van der Waals surface area contributed by atoms with E-state index in [-0.39, 0.29) is 11.4 Å². The molecule has 0 aliphatic rings. The highest BCUT2D eigenvalue weighted by Crippen LogP contribution is 2.29. The molecule has 0 aliphatic heterocycles. The SMILES string of the molecule is CCOc1c(Nc2ccc3ncnc(Nc4cccc(Br)c4)c3c2)c(=O)c1=O. The van der Waals surface area contributed by atoms with Gasteiger partial charge in [-0.2, -0.15) is 0 Å². The molecule has 3 aromatic carbocycles. The second-order valence-corrected chi connectivity index (χ2v) is 6.93. The summed E-state index contributed by atoms with van der Waals surface area (Å²) in [4.78, 5) is 32.1. The zero-order valence-corrected chi connectivity index (χ0v) is 16.4. The molecule has 8 heteroatoms. The van der Waals surface area contributed by atoms with Gasteiger partial charge in [0.15, 0.2) is 5.75 Å². The van der Waals surface area contributed by atoms with E-state index in [4.69, 9.17) is 4.74 Å². The van der Waals surface area contributed by atoms with Gasteiger partial charge in [0.1, 0.15) is 17.8 Å². The van der Waals surface area contributed by atoms with Crippen LogP contribution in [0.2, 0.25) is 0 Å². The van der Waals surface area contributed by atoms with Crippen molar-refractivity contribution in [3.8, 4) is 5.75 Å². The topological polar surface area (TPSA) is 93.2 Å². The van der Waals surface area contributed by atoms with Gasteiger partial charge in [-0.15, -0.1) is 0 Å². The lowest BCUT2D eigenvalue weighted by molar-refractivity contribution is 0.335. The number of benzene rings is 2. The lowest BCUT2D eigenvalue weighted by atomic mass is 10.1. The molecule has 28 heavy (non-hydrogen) atoms. The molecule has 7 nitrogen and oxygen atoms in total. The van der Waals surface area contributed by atoms with Gasteiger partial charge in [0.25, 0.3) is 10.9 Å². The summed E-state index contributed by atoms with van der Waals surface area (Å²) in [5.41, 5.74) is 1.23. The van der Waals surface area contributed by atoms with E-state index in [1.165, 1.54) is 6.33 Å². The molecule has 0 saturated carbocycles. The van der Waals surface area contributed by atoms with Gasteiger partial charge in [-0.1, -0.05) is 22.0 Å². The number of aromatic nitrogens is 2. The van der Waals surface area contributed by atoms with E-state index in [0.717, 1.165) is 21.1 Å². The summed E-state index contributed by atoms with van der Waals surface area (Å²) >= 11 is 3.45. The number of rotatable bonds is 6. The number of hydrogen-bond donors (Lipinski definition) is 2. The maximum Gasteiger partial charge on any atom is 0.272 e. The van der Waals surface area contributed by atoms with Crippen molar-refractivity contribution in [1.82, 2.24) is 9.97 Å². The average molecular weight is 439 g/mol. The Kier molecular flexibility index (Phi) is 4.79. The van der Waals surface area contributed by atoms with Crippen molar-refractivity contribution >= 4 is 49.7 Å². The minimum atomic E-state index is -0.606. The van der Waals surface area contributed by atoms with Crippen molar-refractivity contribution < 1.29 is 4.74 Å². The van der Waals surface area contributed by atoms with Gasteiger partial charge in [-0.3, -0.25) is 9.59 Å². The number of anilines is 4. The molecule has 0 radical (unpaired) electrons. The van der Waals surface area contributed by atoms with Gasteiger partial charge in [0, 0.05) is 21.2 Å². The molecular formula is C20H15BrN4O3. The smallest absolute Gasteiger partial charge is 0.272 e. The van der Waals surface area contributed by atoms with Crippen LogP contribution < -0.4 is 26.2 Å². The Morgan fingerprint density at radius 2 is 1.82 bits per heavy atom. The van der Waals surface area contributed by atoms with Crippen molar-refractivity contribution in [2.45, 2.75) is 6.92 Å². The van der Waals surface area contributed by atoms with Gasteiger partial charge >= 0.3 is 0 Å². The summed E-state index contributed by atoms with van der Waals surface area (Å²) in [6.45, 7) is 2.07. The van der Waals surface area contributed by atoms with E-state index in [1.54, 1.807) is 13.0 Å². The number of nitrogens with zero attached hydrogens (tertiary/aromatic N) is 2. The molecule has 2 N–H and O–H groups in total. The van der Waals surface area contributed by atoms with E-state index in [0.29, 0.717) is 18.1 Å². The quantitative estimate of drug-likeness (QED) is 0.441. The Morgan fingerprint density at radius 1 is 1.00 bits per heavy atom. The van der Waals surface area contributed by atoms with Crippen LogP contribution in [0.3, 0.4) is 0 Å². The number of halogens is 1. The molecule has 0 amide bonds. The molecule has 0 aliphatic carbocycles.